The molecule has 0 amide bonds. The van der Waals surface area contributed by atoms with Gasteiger partial charge in [-0.25, -0.2) is 3.63 Å². The van der Waals surface area contributed by atoms with E-state index < -0.39 is 0 Å². The van der Waals surface area contributed by atoms with Crippen LogP contribution in [-0.2, 0) is 3.63 Å². The summed E-state index contributed by atoms with van der Waals surface area (Å²) < 4.78 is 5.43. The normalized spacial score (nSPS) is 10.5. The zero-order valence-corrected chi connectivity index (χ0v) is 11.7. The Morgan fingerprint density at radius 2 is 1.00 bits per heavy atom. The molecule has 0 heterocycles. The standard InChI is InChI=1S/C12H8Cl2OS2/c13-9-1-5-11(6-2-9)16-15-17-12-7-3-10(14)4-8-12/h1-8H. The zero-order chi connectivity index (χ0) is 12.1. The van der Waals surface area contributed by atoms with Crippen LogP contribution in [0.2, 0.25) is 10.0 Å². The lowest BCUT2D eigenvalue weighted by atomic mass is 10.4. The predicted octanol–water partition coefficient (Wildman–Crippen LogP) is 5.72. The van der Waals surface area contributed by atoms with E-state index in [2.05, 4.69) is 0 Å². The topological polar surface area (TPSA) is 9.23 Å². The molecule has 0 atom stereocenters. The van der Waals surface area contributed by atoms with Crippen LogP contribution in [0.15, 0.2) is 58.3 Å². The quantitative estimate of drug-likeness (QED) is 0.668. The average Bonchev–Trinajstić information content (AvgIpc) is 2.34. The van der Waals surface area contributed by atoms with Gasteiger partial charge in [0.1, 0.15) is 0 Å². The molecule has 0 aliphatic carbocycles. The molecule has 0 radical (unpaired) electrons. The van der Waals surface area contributed by atoms with Crippen molar-refractivity contribution in [3.05, 3.63) is 58.6 Å². The second kappa shape index (κ2) is 6.57. The largest absolute Gasteiger partial charge is 0.237 e. The number of benzene rings is 2. The molecule has 0 aliphatic heterocycles. The Bertz CT molecular complexity index is 425. The maximum Gasteiger partial charge on any atom is 0.0447 e. The molecule has 0 saturated carbocycles. The van der Waals surface area contributed by atoms with Crippen LogP contribution in [0.3, 0.4) is 0 Å². The van der Waals surface area contributed by atoms with Gasteiger partial charge in [-0.3, -0.25) is 0 Å². The van der Waals surface area contributed by atoms with Gasteiger partial charge in [-0.15, -0.1) is 0 Å². The summed E-state index contributed by atoms with van der Waals surface area (Å²) in [5.74, 6) is 0. The van der Waals surface area contributed by atoms with Gasteiger partial charge >= 0.3 is 0 Å². The smallest absolute Gasteiger partial charge is 0.0447 e. The first kappa shape index (κ1) is 13.1. The summed E-state index contributed by atoms with van der Waals surface area (Å²) in [6.07, 6.45) is 0. The van der Waals surface area contributed by atoms with Crippen LogP contribution in [0.1, 0.15) is 0 Å². The summed E-state index contributed by atoms with van der Waals surface area (Å²) in [5.41, 5.74) is 0. The molecule has 0 aliphatic rings. The van der Waals surface area contributed by atoms with Gasteiger partial charge in [0.2, 0.25) is 0 Å². The SMILES string of the molecule is Clc1ccc(SOSc2ccc(Cl)cc2)cc1. The lowest BCUT2D eigenvalue weighted by molar-refractivity contribution is 0.757. The molecule has 0 spiro atoms. The van der Waals surface area contributed by atoms with Crippen molar-refractivity contribution in [3.63, 3.8) is 0 Å². The van der Waals surface area contributed by atoms with Crippen LogP contribution >= 0.6 is 47.3 Å². The highest BCUT2D eigenvalue weighted by Gasteiger charge is 1.98. The molecule has 1 nitrogen and oxygen atoms in total. The predicted molar refractivity (Wildman–Crippen MR) is 75.7 cm³/mol. The van der Waals surface area contributed by atoms with Crippen LogP contribution in [0, 0.1) is 0 Å². The molecule has 2 aromatic carbocycles. The molecule has 0 fully saturated rings. The van der Waals surface area contributed by atoms with Gasteiger partial charge in [0.25, 0.3) is 0 Å². The summed E-state index contributed by atoms with van der Waals surface area (Å²) in [5, 5.41) is 1.44. The van der Waals surface area contributed by atoms with Crippen molar-refractivity contribution >= 4 is 47.3 Å². The van der Waals surface area contributed by atoms with Crippen LogP contribution in [-0.4, -0.2) is 0 Å². The van der Waals surface area contributed by atoms with Gasteiger partial charge < -0.3 is 0 Å². The van der Waals surface area contributed by atoms with Crippen molar-refractivity contribution in [1.29, 1.82) is 0 Å². The molecule has 17 heavy (non-hydrogen) atoms. The molecule has 0 N–H and O–H groups in total. The Kier molecular flexibility index (Phi) is 5.07. The van der Waals surface area contributed by atoms with Gasteiger partial charge in [-0.1, -0.05) is 23.2 Å². The Balaban J connectivity index is 1.83. The first-order chi connectivity index (χ1) is 8.24. The van der Waals surface area contributed by atoms with Crippen LogP contribution < -0.4 is 0 Å². The molecule has 2 aromatic rings. The third-order valence-corrected chi connectivity index (χ3v) is 3.87. The van der Waals surface area contributed by atoms with Gasteiger partial charge in [0, 0.05) is 43.9 Å². The molecular weight excluding hydrogens is 295 g/mol. The molecule has 5 heteroatoms. The van der Waals surface area contributed by atoms with Crippen molar-refractivity contribution < 1.29 is 3.63 Å². The van der Waals surface area contributed by atoms with Gasteiger partial charge in [-0.05, 0) is 48.5 Å². The monoisotopic (exact) mass is 302 g/mol. The summed E-state index contributed by atoms with van der Waals surface area (Å²) in [7, 11) is 0. The fraction of sp³-hybridized carbons (Fsp3) is 0. The van der Waals surface area contributed by atoms with Crippen LogP contribution in [0.25, 0.3) is 0 Å². The third-order valence-electron chi connectivity index (χ3n) is 1.89. The number of hydrogen-bond donors (Lipinski definition) is 0. The molecule has 0 aromatic heterocycles. The minimum absolute atomic E-state index is 0.722. The van der Waals surface area contributed by atoms with Crippen LogP contribution in [0.5, 0.6) is 0 Å². The lowest BCUT2D eigenvalue weighted by Gasteiger charge is -2.01. The fourth-order valence-electron chi connectivity index (χ4n) is 1.08. The van der Waals surface area contributed by atoms with Crippen molar-refractivity contribution in [2.45, 2.75) is 9.79 Å². The van der Waals surface area contributed by atoms with Gasteiger partial charge in [0.15, 0.2) is 0 Å². The van der Waals surface area contributed by atoms with E-state index in [1.807, 2.05) is 48.5 Å². The highest BCUT2D eigenvalue weighted by molar-refractivity contribution is 8.07. The number of hydrogen-bond acceptors (Lipinski definition) is 3. The van der Waals surface area contributed by atoms with E-state index in [1.165, 1.54) is 24.1 Å². The Morgan fingerprint density at radius 1 is 0.647 bits per heavy atom. The van der Waals surface area contributed by atoms with Crippen LogP contribution in [0.4, 0.5) is 0 Å². The van der Waals surface area contributed by atoms with E-state index in [-0.39, 0.29) is 0 Å². The first-order valence-electron chi connectivity index (χ1n) is 4.76. The highest BCUT2D eigenvalue weighted by atomic mass is 35.5. The Hall–Kier alpha value is -0.320. The molecule has 0 bridgehead atoms. The van der Waals surface area contributed by atoms with Crippen molar-refractivity contribution in [2.75, 3.05) is 0 Å². The number of halogens is 2. The maximum absolute atomic E-state index is 5.79. The minimum atomic E-state index is 0.722. The zero-order valence-electron chi connectivity index (χ0n) is 8.60. The van der Waals surface area contributed by atoms with E-state index in [4.69, 9.17) is 26.8 Å². The van der Waals surface area contributed by atoms with Gasteiger partial charge in [-0.2, -0.15) is 0 Å². The summed E-state index contributed by atoms with van der Waals surface area (Å²) in [6.45, 7) is 0. The second-order valence-electron chi connectivity index (χ2n) is 3.14. The maximum atomic E-state index is 5.79. The first-order valence-corrected chi connectivity index (χ1v) is 7.00. The average molecular weight is 303 g/mol. The summed E-state index contributed by atoms with van der Waals surface area (Å²) in [6, 6.07) is 15.0. The molecule has 88 valence electrons. The lowest BCUT2D eigenvalue weighted by Crippen LogP contribution is -1.73. The highest BCUT2D eigenvalue weighted by Crippen LogP contribution is 2.30. The summed E-state index contributed by atoms with van der Waals surface area (Å²) >= 11 is 14.2. The molecular formula is C12H8Cl2OS2. The molecule has 2 rings (SSSR count). The van der Waals surface area contributed by atoms with E-state index in [9.17, 15) is 0 Å². The second-order valence-corrected chi connectivity index (χ2v) is 5.84. The molecule has 0 saturated heterocycles. The number of rotatable bonds is 4. The van der Waals surface area contributed by atoms with E-state index in [0.717, 1.165) is 19.8 Å². The summed E-state index contributed by atoms with van der Waals surface area (Å²) in [4.78, 5) is 2.02. The van der Waals surface area contributed by atoms with E-state index in [0.29, 0.717) is 0 Å². The Morgan fingerprint density at radius 3 is 1.35 bits per heavy atom. The fourth-order valence-corrected chi connectivity index (χ4v) is 2.59. The minimum Gasteiger partial charge on any atom is -0.237 e. The van der Waals surface area contributed by atoms with Crippen molar-refractivity contribution in [1.82, 2.24) is 0 Å². The third kappa shape index (κ3) is 4.45. The van der Waals surface area contributed by atoms with Crippen molar-refractivity contribution in [3.8, 4) is 0 Å². The van der Waals surface area contributed by atoms with E-state index >= 15 is 0 Å². The van der Waals surface area contributed by atoms with Crippen molar-refractivity contribution in [2.24, 2.45) is 0 Å². The van der Waals surface area contributed by atoms with E-state index in [1.54, 1.807) is 0 Å². The molecule has 0 unspecified atom stereocenters. The Labute approximate surface area is 119 Å². The van der Waals surface area contributed by atoms with Gasteiger partial charge in [0.05, 0.1) is 0 Å².